The molecule has 1 aromatic carbocycles. The number of aryl methyl sites for hydroxylation is 5. The van der Waals surface area contributed by atoms with Gasteiger partial charge in [-0.3, -0.25) is 0 Å². The van der Waals surface area contributed by atoms with Gasteiger partial charge in [0.2, 0.25) is 0 Å². The Morgan fingerprint density at radius 3 is 2.50 bits per heavy atom. The van der Waals surface area contributed by atoms with Crippen LogP contribution in [0.15, 0.2) is 36.7 Å². The Bertz CT molecular complexity index is 700. The number of rotatable bonds is 3. The van der Waals surface area contributed by atoms with Crippen LogP contribution in [0.25, 0.3) is 11.0 Å². The Labute approximate surface area is 119 Å². The zero-order valence-electron chi connectivity index (χ0n) is 12.3. The molecular formula is C17H20N3+. The Hall–Kier alpha value is -2.16. The molecule has 3 aromatic rings. The summed E-state index contributed by atoms with van der Waals surface area (Å²) in [6, 6.07) is 8.60. The fourth-order valence-electron chi connectivity index (χ4n) is 2.36. The smallest absolute Gasteiger partial charge is 0.169 e. The minimum Gasteiger partial charge on any atom is -0.342 e. The lowest BCUT2D eigenvalue weighted by atomic mass is 10.1. The quantitative estimate of drug-likeness (QED) is 0.726. The number of hydrogen-bond acceptors (Lipinski definition) is 1. The van der Waals surface area contributed by atoms with Crippen LogP contribution in [0.2, 0.25) is 0 Å². The summed E-state index contributed by atoms with van der Waals surface area (Å²) in [4.78, 5) is 8.10. The second-order valence-corrected chi connectivity index (χ2v) is 5.50. The van der Waals surface area contributed by atoms with Crippen molar-refractivity contribution < 1.29 is 4.57 Å². The van der Waals surface area contributed by atoms with Gasteiger partial charge in [0.1, 0.15) is 5.82 Å². The van der Waals surface area contributed by atoms with Crippen LogP contribution in [0.5, 0.6) is 0 Å². The molecule has 0 amide bonds. The Balaban J connectivity index is 1.79. The van der Waals surface area contributed by atoms with Crippen LogP contribution in [0, 0.1) is 20.8 Å². The number of benzene rings is 1. The maximum atomic E-state index is 4.68. The zero-order valence-corrected chi connectivity index (χ0v) is 12.3. The molecular weight excluding hydrogens is 246 g/mol. The SMILES string of the molecule is Cc1cc[n+](CCc2nc3cc(C)c(C)cc3[nH]2)cc1. The van der Waals surface area contributed by atoms with Crippen LogP contribution in [0.3, 0.4) is 0 Å². The highest BCUT2D eigenvalue weighted by molar-refractivity contribution is 5.77. The lowest BCUT2D eigenvalue weighted by Gasteiger charge is -1.97. The fourth-order valence-corrected chi connectivity index (χ4v) is 2.36. The topological polar surface area (TPSA) is 32.6 Å². The predicted molar refractivity (Wildman–Crippen MR) is 80.6 cm³/mol. The van der Waals surface area contributed by atoms with Crippen LogP contribution < -0.4 is 4.57 Å². The molecule has 1 N–H and O–H groups in total. The monoisotopic (exact) mass is 266 g/mol. The molecule has 0 aliphatic rings. The highest BCUT2D eigenvalue weighted by Gasteiger charge is 2.07. The molecule has 3 heteroatoms. The summed E-state index contributed by atoms with van der Waals surface area (Å²) in [7, 11) is 0. The summed E-state index contributed by atoms with van der Waals surface area (Å²) in [5.74, 6) is 1.05. The van der Waals surface area contributed by atoms with Gasteiger partial charge in [-0.15, -0.1) is 0 Å². The standard InChI is InChI=1S/C17H20N3/c1-12-4-7-20(8-5-12)9-6-17-18-15-10-13(2)14(3)11-16(15)19-17/h4-5,7-8,10-11H,6,9H2,1-3H3,(H,18,19)/q+1. The first-order chi connectivity index (χ1) is 9.61. The number of nitrogens with zero attached hydrogens (tertiary/aromatic N) is 2. The van der Waals surface area contributed by atoms with Gasteiger partial charge in [-0.25, -0.2) is 9.55 Å². The summed E-state index contributed by atoms with van der Waals surface area (Å²) in [5.41, 5.74) is 6.09. The van der Waals surface area contributed by atoms with Crippen molar-refractivity contribution in [3.63, 3.8) is 0 Å². The van der Waals surface area contributed by atoms with Crippen molar-refractivity contribution in [2.45, 2.75) is 33.7 Å². The summed E-state index contributed by atoms with van der Waals surface area (Å²) in [6.45, 7) is 7.31. The number of H-pyrrole nitrogens is 1. The molecule has 0 saturated heterocycles. The molecule has 0 fully saturated rings. The van der Waals surface area contributed by atoms with E-state index >= 15 is 0 Å². The third-order valence-corrected chi connectivity index (χ3v) is 3.81. The molecule has 3 rings (SSSR count). The van der Waals surface area contributed by atoms with Gasteiger partial charge in [-0.1, -0.05) is 0 Å². The normalized spacial score (nSPS) is 11.2. The van der Waals surface area contributed by atoms with Crippen molar-refractivity contribution in [1.29, 1.82) is 0 Å². The van der Waals surface area contributed by atoms with Crippen molar-refractivity contribution in [2.24, 2.45) is 0 Å². The third kappa shape index (κ3) is 2.57. The van der Waals surface area contributed by atoms with E-state index in [0.29, 0.717) is 0 Å². The number of imidazole rings is 1. The zero-order chi connectivity index (χ0) is 14.1. The molecule has 0 spiro atoms. The van der Waals surface area contributed by atoms with E-state index in [4.69, 9.17) is 0 Å². The summed E-state index contributed by atoms with van der Waals surface area (Å²) in [5, 5.41) is 0. The van der Waals surface area contributed by atoms with E-state index in [1.54, 1.807) is 0 Å². The van der Waals surface area contributed by atoms with E-state index < -0.39 is 0 Å². The van der Waals surface area contributed by atoms with Crippen LogP contribution in [0.1, 0.15) is 22.5 Å². The second kappa shape index (κ2) is 5.08. The summed E-state index contributed by atoms with van der Waals surface area (Å²) >= 11 is 0. The third-order valence-electron chi connectivity index (χ3n) is 3.81. The lowest BCUT2D eigenvalue weighted by Crippen LogP contribution is -2.33. The van der Waals surface area contributed by atoms with Crippen molar-refractivity contribution in [2.75, 3.05) is 0 Å². The minimum absolute atomic E-state index is 0.917. The largest absolute Gasteiger partial charge is 0.342 e. The summed E-state index contributed by atoms with van der Waals surface area (Å²) in [6.07, 6.45) is 5.15. The van der Waals surface area contributed by atoms with Gasteiger partial charge in [-0.05, 0) is 49.6 Å². The second-order valence-electron chi connectivity index (χ2n) is 5.50. The van der Waals surface area contributed by atoms with Gasteiger partial charge in [-0.2, -0.15) is 0 Å². The molecule has 20 heavy (non-hydrogen) atoms. The van der Waals surface area contributed by atoms with Crippen molar-refractivity contribution >= 4 is 11.0 Å². The summed E-state index contributed by atoms with van der Waals surface area (Å²) < 4.78 is 2.19. The molecule has 0 radical (unpaired) electrons. The molecule has 3 nitrogen and oxygen atoms in total. The van der Waals surface area contributed by atoms with Crippen LogP contribution in [0.4, 0.5) is 0 Å². The number of fused-ring (bicyclic) bond motifs is 1. The molecule has 102 valence electrons. The lowest BCUT2D eigenvalue weighted by molar-refractivity contribution is -0.696. The van der Waals surface area contributed by atoms with Crippen molar-refractivity contribution in [3.8, 4) is 0 Å². The average molecular weight is 266 g/mol. The highest BCUT2D eigenvalue weighted by atomic mass is 15.0. The number of pyridine rings is 1. The molecule has 0 atom stereocenters. The first kappa shape index (κ1) is 12.9. The minimum atomic E-state index is 0.917. The maximum Gasteiger partial charge on any atom is 0.169 e. The van der Waals surface area contributed by atoms with Crippen LogP contribution in [-0.4, -0.2) is 9.97 Å². The van der Waals surface area contributed by atoms with E-state index in [2.05, 4.69) is 72.0 Å². The number of hydrogen-bond donors (Lipinski definition) is 1. The van der Waals surface area contributed by atoms with Gasteiger partial charge in [0.25, 0.3) is 0 Å². The van der Waals surface area contributed by atoms with E-state index in [1.165, 1.54) is 16.7 Å². The molecule has 0 bridgehead atoms. The first-order valence-electron chi connectivity index (χ1n) is 7.03. The van der Waals surface area contributed by atoms with E-state index in [0.717, 1.165) is 29.8 Å². The van der Waals surface area contributed by atoms with Gasteiger partial charge < -0.3 is 4.98 Å². The van der Waals surface area contributed by atoms with E-state index in [1.807, 2.05) is 0 Å². The molecule has 0 aliphatic heterocycles. The highest BCUT2D eigenvalue weighted by Crippen LogP contribution is 2.17. The van der Waals surface area contributed by atoms with Crippen LogP contribution in [-0.2, 0) is 13.0 Å². The van der Waals surface area contributed by atoms with Crippen LogP contribution >= 0.6 is 0 Å². The van der Waals surface area contributed by atoms with Gasteiger partial charge >= 0.3 is 0 Å². The van der Waals surface area contributed by atoms with E-state index in [9.17, 15) is 0 Å². The average Bonchev–Trinajstić information content (AvgIpc) is 2.80. The fraction of sp³-hybridized carbons (Fsp3) is 0.294. The molecule has 2 heterocycles. The molecule has 2 aromatic heterocycles. The molecule has 0 unspecified atom stereocenters. The maximum absolute atomic E-state index is 4.68. The van der Waals surface area contributed by atoms with E-state index in [-0.39, 0.29) is 0 Å². The molecule has 0 aliphatic carbocycles. The Morgan fingerprint density at radius 1 is 1.05 bits per heavy atom. The number of aromatic amines is 1. The first-order valence-corrected chi connectivity index (χ1v) is 7.03. The predicted octanol–water partition coefficient (Wildman–Crippen LogP) is 3.02. The van der Waals surface area contributed by atoms with Crippen molar-refractivity contribution in [3.05, 3.63) is 59.2 Å². The number of aromatic nitrogens is 3. The van der Waals surface area contributed by atoms with Gasteiger partial charge in [0.15, 0.2) is 18.9 Å². The number of nitrogens with one attached hydrogen (secondary N) is 1. The molecule has 0 saturated carbocycles. The Morgan fingerprint density at radius 2 is 1.75 bits per heavy atom. The van der Waals surface area contributed by atoms with Gasteiger partial charge in [0.05, 0.1) is 17.5 Å². The Kier molecular flexibility index (Phi) is 3.26. The van der Waals surface area contributed by atoms with Crippen molar-refractivity contribution in [1.82, 2.24) is 9.97 Å². The van der Waals surface area contributed by atoms with Gasteiger partial charge in [0, 0.05) is 12.1 Å².